The monoisotopic (exact) mass is 1140 g/mol. The fourth-order valence-electron chi connectivity index (χ4n) is 15.4. The topological polar surface area (TPSA) is 348 Å². The number of hydrogen-bond donors (Lipinski definition) is 11. The van der Waals surface area contributed by atoms with Gasteiger partial charge >= 0.3 is 17.9 Å². The predicted octanol–water partition coefficient (Wildman–Crippen LogP) is 2.18. The molecule has 0 spiro atoms. The summed E-state index contributed by atoms with van der Waals surface area (Å²) in [7, 11) is 1.30. The normalized spacial score (nSPS) is 41.7. The number of aliphatic hydroxyl groups excluding tert-OH is 10. The zero-order valence-electron chi connectivity index (χ0n) is 48.8. The van der Waals surface area contributed by atoms with Crippen LogP contribution in [-0.2, 0) is 52.3 Å². The first kappa shape index (κ1) is 66.1. The largest absolute Gasteiger partial charge is 0.479 e. The van der Waals surface area contributed by atoms with Crippen LogP contribution in [0, 0.1) is 50.7 Å². The van der Waals surface area contributed by atoms with E-state index in [0.717, 1.165) is 5.57 Å². The molecule has 0 bridgehead atoms. The summed E-state index contributed by atoms with van der Waals surface area (Å²) in [6, 6.07) is 0. The van der Waals surface area contributed by atoms with E-state index in [-0.39, 0.29) is 23.8 Å². The highest BCUT2D eigenvalue weighted by molar-refractivity contribution is 5.88. The van der Waals surface area contributed by atoms with Gasteiger partial charge in [-0.15, -0.1) is 0 Å². The highest BCUT2D eigenvalue weighted by atomic mass is 16.8. The molecule has 25 atom stereocenters. The summed E-state index contributed by atoms with van der Waals surface area (Å²) in [5.74, 6) is -4.12. The summed E-state index contributed by atoms with van der Waals surface area (Å²) in [5, 5.41) is 123. The van der Waals surface area contributed by atoms with Gasteiger partial charge in [-0.3, -0.25) is 0 Å². The number of aliphatic carboxylic acids is 1. The van der Waals surface area contributed by atoms with E-state index in [1.54, 1.807) is 39.8 Å². The highest BCUT2D eigenvalue weighted by Crippen LogP contribution is 2.75. The van der Waals surface area contributed by atoms with Crippen LogP contribution in [0.5, 0.6) is 0 Å². The smallest absolute Gasteiger partial charge is 0.333 e. The van der Waals surface area contributed by atoms with Crippen LogP contribution in [0.2, 0.25) is 0 Å². The molecule has 6 rings (SSSR count). The Morgan fingerprint density at radius 2 is 1.44 bits per heavy atom. The number of aliphatic hydroxyl groups is 10. The maximum atomic E-state index is 13.8. The van der Waals surface area contributed by atoms with Gasteiger partial charge in [-0.2, -0.15) is 0 Å². The Morgan fingerprint density at radius 1 is 0.812 bits per heavy atom. The molecule has 1 heterocycles. The van der Waals surface area contributed by atoms with Gasteiger partial charge in [0.1, 0.15) is 42.7 Å². The molecule has 0 amide bonds. The van der Waals surface area contributed by atoms with Gasteiger partial charge in [0.05, 0.1) is 55.8 Å². The average Bonchev–Trinajstić information content (AvgIpc) is 1.58. The number of fused-ring (bicyclic) bond motifs is 7. The van der Waals surface area contributed by atoms with E-state index in [1.807, 2.05) is 27.7 Å². The van der Waals surface area contributed by atoms with Crippen molar-refractivity contribution in [1.82, 2.24) is 0 Å². The van der Waals surface area contributed by atoms with Crippen LogP contribution in [0.15, 0.2) is 34.9 Å². The minimum Gasteiger partial charge on any atom is -0.479 e. The van der Waals surface area contributed by atoms with Crippen molar-refractivity contribution in [2.75, 3.05) is 26.9 Å². The second-order valence-corrected chi connectivity index (χ2v) is 25.1. The molecule has 13 unspecified atom stereocenters. The number of rotatable bonds is 22. The third-order valence-corrected chi connectivity index (χ3v) is 20.6. The molecular formula is C58H94O22. The number of hydrogen-bond acceptors (Lipinski definition) is 21. The SMILES string of the molecule is C/C=C(/C)C(=O)O[C@@H]1[C@H](C)CC2C3=CCC4[C@@]5(C)CC[C@H](OC(OC(C)C(=O)O)C(OC6OC(CO)C(O)C(O)C6O)C(O[C@@H](O)C[C@H](CO)OC)C(C)O)C(C)(C)C5CC[C@@]4(C)[C@]3(C)[C@@H](O)[C@@H](O)[C@@]2(CO)[C@H]1OC(=O)/C(C)=C\C. The van der Waals surface area contributed by atoms with Crippen LogP contribution in [0.4, 0.5) is 0 Å². The van der Waals surface area contributed by atoms with E-state index in [4.69, 9.17) is 37.9 Å². The number of carbonyl (C=O) groups excluding carboxylic acids is 2. The van der Waals surface area contributed by atoms with Crippen molar-refractivity contribution in [2.45, 2.75) is 232 Å². The molecular weight excluding hydrogens is 1050 g/mol. The Bertz CT molecular complexity index is 2250. The van der Waals surface area contributed by atoms with Gasteiger partial charge < -0.3 is 94.1 Å². The van der Waals surface area contributed by atoms with E-state index in [9.17, 15) is 70.6 Å². The number of carboxylic acid groups (broad SMARTS) is 1. The molecule has 5 fully saturated rings. The Hall–Kier alpha value is -3.01. The lowest BCUT2D eigenvalue weighted by Gasteiger charge is -2.73. The van der Waals surface area contributed by atoms with E-state index >= 15 is 0 Å². The van der Waals surface area contributed by atoms with Gasteiger partial charge in [0.15, 0.2) is 31.1 Å². The van der Waals surface area contributed by atoms with Crippen LogP contribution < -0.4 is 0 Å². The first-order chi connectivity index (χ1) is 37.4. The second-order valence-electron chi connectivity index (χ2n) is 25.1. The zero-order valence-corrected chi connectivity index (χ0v) is 48.8. The van der Waals surface area contributed by atoms with E-state index in [1.165, 1.54) is 21.0 Å². The maximum Gasteiger partial charge on any atom is 0.333 e. The quantitative estimate of drug-likeness (QED) is 0.0320. The molecule has 0 aromatic heterocycles. The minimum atomic E-state index is -1.99. The third kappa shape index (κ3) is 11.6. The molecule has 4 saturated carbocycles. The van der Waals surface area contributed by atoms with E-state index in [0.29, 0.717) is 44.1 Å². The van der Waals surface area contributed by atoms with Gasteiger partial charge in [0, 0.05) is 30.1 Å². The van der Waals surface area contributed by atoms with Crippen molar-refractivity contribution in [3.63, 3.8) is 0 Å². The number of ether oxygens (including phenoxy) is 8. The van der Waals surface area contributed by atoms with Crippen molar-refractivity contribution >= 4 is 17.9 Å². The molecule has 11 N–H and O–H groups in total. The summed E-state index contributed by atoms with van der Waals surface area (Å²) in [4.78, 5) is 39.8. The fourth-order valence-corrected chi connectivity index (χ4v) is 15.4. The lowest BCUT2D eigenvalue weighted by Crippen LogP contribution is -2.75. The molecule has 0 aromatic rings. The number of esters is 2. The molecule has 80 heavy (non-hydrogen) atoms. The fraction of sp³-hybridized carbons (Fsp3) is 0.845. The molecule has 5 aliphatic carbocycles. The molecule has 1 saturated heterocycles. The Kier molecular flexibility index (Phi) is 21.2. The Labute approximate surface area is 470 Å². The van der Waals surface area contributed by atoms with Crippen LogP contribution >= 0.6 is 0 Å². The van der Waals surface area contributed by atoms with Crippen LogP contribution in [0.1, 0.15) is 128 Å². The molecule has 6 aliphatic rings. The summed E-state index contributed by atoms with van der Waals surface area (Å²) in [5.41, 5.74) is -3.38. The van der Waals surface area contributed by atoms with E-state index in [2.05, 4.69) is 19.9 Å². The van der Waals surface area contributed by atoms with Crippen LogP contribution in [0.3, 0.4) is 0 Å². The first-order valence-corrected chi connectivity index (χ1v) is 28.4. The van der Waals surface area contributed by atoms with Gasteiger partial charge in [0.2, 0.25) is 0 Å². The third-order valence-electron chi connectivity index (χ3n) is 20.6. The minimum absolute atomic E-state index is 0.138. The zero-order chi connectivity index (χ0) is 59.9. The van der Waals surface area contributed by atoms with Crippen molar-refractivity contribution in [3.05, 3.63) is 34.9 Å². The highest BCUT2D eigenvalue weighted by Gasteiger charge is 2.75. The number of methoxy groups -OCH3 is 1. The number of carboxylic acids is 1. The Morgan fingerprint density at radius 3 is 1.99 bits per heavy atom. The lowest BCUT2D eigenvalue weighted by molar-refractivity contribution is -0.363. The van der Waals surface area contributed by atoms with E-state index < -0.39 is 181 Å². The van der Waals surface area contributed by atoms with Gasteiger partial charge in [0.25, 0.3) is 0 Å². The van der Waals surface area contributed by atoms with Crippen molar-refractivity contribution in [3.8, 4) is 0 Å². The predicted molar refractivity (Wildman–Crippen MR) is 284 cm³/mol. The van der Waals surface area contributed by atoms with Crippen LogP contribution in [0.25, 0.3) is 0 Å². The molecule has 22 nitrogen and oxygen atoms in total. The molecule has 0 aromatic carbocycles. The standard InChI is InChI=1S/C58H94O22/c1-14-27(3)50(71)78-43-29(5)22-34-33-16-17-37-55(10)20-19-38(54(8,9)36(55)18-21-56(37,11)57(33,12)46(67)47(68)58(34,26-61)48(43)80-51(72)28(4)15-2)76-53(74-31(7)49(69)70)45(44(30(6)62)77-39(63)23-32(24-59)73-13)79-52-42(66)41(65)40(64)35(25-60)75-52/h14-16,29-32,34-48,52-53,59-68H,17-26H2,1-13H3,(H,69,70)/b27-14-,28-15-/t29-,30?,31?,32-,34?,35?,36?,37?,38+,39-,40?,41?,42?,43-,44?,45?,46+,47-,48+,52?,53?,55+,56-,57+,58+/m1/s1. The Balaban J connectivity index is 1.40. The van der Waals surface area contributed by atoms with Gasteiger partial charge in [-0.05, 0) is 120 Å². The first-order valence-electron chi connectivity index (χ1n) is 28.4. The number of carbonyl (C=O) groups is 3. The van der Waals surface area contributed by atoms with Gasteiger partial charge in [-0.25, -0.2) is 14.4 Å². The lowest BCUT2D eigenvalue weighted by atomic mass is 9.32. The summed E-state index contributed by atoms with van der Waals surface area (Å²) >= 11 is 0. The summed E-state index contributed by atoms with van der Waals surface area (Å²) in [6.07, 6.45) is -18.8. The molecule has 458 valence electrons. The van der Waals surface area contributed by atoms with Crippen LogP contribution in [-0.4, -0.2) is 205 Å². The summed E-state index contributed by atoms with van der Waals surface area (Å²) < 4.78 is 48.8. The van der Waals surface area contributed by atoms with Crippen molar-refractivity contribution in [2.24, 2.45) is 50.7 Å². The molecule has 22 heteroatoms. The number of allylic oxidation sites excluding steroid dienone is 3. The maximum absolute atomic E-state index is 13.8. The van der Waals surface area contributed by atoms with Crippen molar-refractivity contribution in [1.29, 1.82) is 0 Å². The van der Waals surface area contributed by atoms with Gasteiger partial charge in [-0.1, -0.05) is 65.3 Å². The summed E-state index contributed by atoms with van der Waals surface area (Å²) in [6.45, 7) is 19.4. The molecule has 0 radical (unpaired) electrons. The molecule has 1 aliphatic heterocycles. The second kappa shape index (κ2) is 25.7. The van der Waals surface area contributed by atoms with Crippen molar-refractivity contribution < 1.29 is 108 Å². The average molecular weight is 1140 g/mol.